The predicted octanol–water partition coefficient (Wildman–Crippen LogP) is 4.67. The summed E-state index contributed by atoms with van der Waals surface area (Å²) >= 11 is 0. The second-order valence-electron chi connectivity index (χ2n) is 10.7. The monoisotopic (exact) mass is 501 g/mol. The quantitative estimate of drug-likeness (QED) is 0.445. The maximum Gasteiger partial charge on any atom is 0.140 e. The Bertz CT molecular complexity index is 1220. The van der Waals surface area contributed by atoms with Crippen LogP contribution in [-0.2, 0) is 4.74 Å². The van der Waals surface area contributed by atoms with Gasteiger partial charge in [-0.2, -0.15) is 0 Å². The van der Waals surface area contributed by atoms with Gasteiger partial charge in [-0.15, -0.1) is 0 Å². The first-order valence-electron chi connectivity index (χ1n) is 13.9. The van der Waals surface area contributed by atoms with Crippen LogP contribution in [0.25, 0.3) is 10.9 Å². The van der Waals surface area contributed by atoms with E-state index in [-0.39, 0.29) is 0 Å². The summed E-state index contributed by atoms with van der Waals surface area (Å²) in [7, 11) is 3.97. The lowest BCUT2D eigenvalue weighted by Gasteiger charge is -2.34. The van der Waals surface area contributed by atoms with Crippen LogP contribution < -0.4 is 14.5 Å². The zero-order valence-electron chi connectivity index (χ0n) is 22.2. The van der Waals surface area contributed by atoms with Gasteiger partial charge >= 0.3 is 0 Å². The Morgan fingerprint density at radius 2 is 1.70 bits per heavy atom. The summed E-state index contributed by atoms with van der Waals surface area (Å²) in [4.78, 5) is 17.7. The minimum absolute atomic E-state index is 0.515. The van der Waals surface area contributed by atoms with E-state index < -0.39 is 0 Å². The molecule has 0 unspecified atom stereocenters. The van der Waals surface area contributed by atoms with E-state index in [1.165, 1.54) is 29.5 Å². The molecular formula is C30H39N5O2. The number of likely N-dealkylation sites (N-methyl/N-ethyl adjacent to an activating group) is 1. The number of hydrogen-bond donors (Lipinski definition) is 0. The van der Waals surface area contributed by atoms with Crippen LogP contribution in [0.15, 0.2) is 42.5 Å². The van der Waals surface area contributed by atoms with Crippen LogP contribution >= 0.6 is 0 Å². The standard InChI is InChI=1S/C30H39N5O2/c1-33(16-17-34-18-20-37-21-19-34)26-8-5-7-25-28(26)31-29(23-10-11-23)32-30(25)35-14-12-22(13-15-35)24-6-3-4-9-27(24)36-2/h3-9,22-23H,10-21H2,1-2H3. The van der Waals surface area contributed by atoms with Crippen LogP contribution in [0.2, 0.25) is 0 Å². The lowest BCUT2D eigenvalue weighted by molar-refractivity contribution is 0.0393. The van der Waals surface area contributed by atoms with Crippen molar-refractivity contribution in [3.8, 4) is 5.75 Å². The summed E-state index contributed by atoms with van der Waals surface area (Å²) in [5.74, 6) is 4.19. The number of piperidine rings is 1. The van der Waals surface area contributed by atoms with E-state index >= 15 is 0 Å². The number of fused-ring (bicyclic) bond motifs is 1. The van der Waals surface area contributed by atoms with E-state index in [0.717, 1.165) is 88.2 Å². The number of para-hydroxylation sites is 2. The Morgan fingerprint density at radius 1 is 0.919 bits per heavy atom. The minimum atomic E-state index is 0.515. The molecule has 3 fully saturated rings. The molecule has 0 bridgehead atoms. The first kappa shape index (κ1) is 24.4. The number of anilines is 2. The molecule has 3 heterocycles. The zero-order valence-corrected chi connectivity index (χ0v) is 22.2. The molecule has 0 radical (unpaired) electrons. The molecule has 1 saturated carbocycles. The predicted molar refractivity (Wildman–Crippen MR) is 149 cm³/mol. The highest BCUT2D eigenvalue weighted by Crippen LogP contribution is 2.42. The summed E-state index contributed by atoms with van der Waals surface area (Å²) in [6.45, 7) is 7.73. The van der Waals surface area contributed by atoms with Crippen molar-refractivity contribution in [3.63, 3.8) is 0 Å². The first-order valence-corrected chi connectivity index (χ1v) is 13.9. The van der Waals surface area contributed by atoms with Crippen molar-refractivity contribution in [1.82, 2.24) is 14.9 Å². The van der Waals surface area contributed by atoms with Crippen LogP contribution in [0, 0.1) is 0 Å². The fourth-order valence-electron chi connectivity index (χ4n) is 5.85. The van der Waals surface area contributed by atoms with Gasteiger partial charge in [0.2, 0.25) is 0 Å². The molecule has 0 spiro atoms. The lowest BCUT2D eigenvalue weighted by atomic mass is 9.88. The van der Waals surface area contributed by atoms with Crippen LogP contribution in [0.1, 0.15) is 48.9 Å². The summed E-state index contributed by atoms with van der Waals surface area (Å²) in [5, 5.41) is 1.18. The van der Waals surface area contributed by atoms with Crippen molar-refractivity contribution >= 4 is 22.4 Å². The highest BCUT2D eigenvalue weighted by atomic mass is 16.5. The van der Waals surface area contributed by atoms with E-state index in [2.05, 4.69) is 64.2 Å². The fourth-order valence-corrected chi connectivity index (χ4v) is 5.85. The molecule has 1 aromatic heterocycles. The molecule has 3 aromatic rings. The zero-order chi connectivity index (χ0) is 25.2. The summed E-state index contributed by atoms with van der Waals surface area (Å²) in [5.41, 5.74) is 3.64. The molecule has 2 aromatic carbocycles. The van der Waals surface area contributed by atoms with Gasteiger partial charge in [0.25, 0.3) is 0 Å². The van der Waals surface area contributed by atoms with Crippen molar-refractivity contribution in [2.45, 2.75) is 37.5 Å². The number of morpholine rings is 1. The third-order valence-corrected chi connectivity index (χ3v) is 8.28. The van der Waals surface area contributed by atoms with Gasteiger partial charge in [0.15, 0.2) is 0 Å². The number of aromatic nitrogens is 2. The Hall–Kier alpha value is -2.90. The number of methoxy groups -OCH3 is 1. The van der Waals surface area contributed by atoms with E-state index in [9.17, 15) is 0 Å². The van der Waals surface area contributed by atoms with Crippen LogP contribution in [0.5, 0.6) is 5.75 Å². The number of rotatable bonds is 8. The van der Waals surface area contributed by atoms with Crippen molar-refractivity contribution in [2.75, 3.05) is 76.4 Å². The minimum Gasteiger partial charge on any atom is -0.496 e. The van der Waals surface area contributed by atoms with Gasteiger partial charge in [-0.1, -0.05) is 24.3 Å². The van der Waals surface area contributed by atoms with Gasteiger partial charge in [-0.25, -0.2) is 9.97 Å². The Labute approximate surface area is 220 Å². The number of benzene rings is 2. The van der Waals surface area contributed by atoms with Gasteiger partial charge in [0.05, 0.1) is 31.5 Å². The van der Waals surface area contributed by atoms with E-state index in [0.29, 0.717) is 11.8 Å². The van der Waals surface area contributed by atoms with E-state index in [4.69, 9.17) is 19.4 Å². The molecule has 0 amide bonds. The SMILES string of the molecule is COc1ccccc1C1CCN(c2nc(C3CC3)nc3c(N(C)CCN4CCOCC4)cccc23)CC1. The second-order valence-corrected chi connectivity index (χ2v) is 10.7. The molecule has 3 aliphatic rings. The average Bonchev–Trinajstić information content (AvgIpc) is 3.81. The number of hydrogen-bond acceptors (Lipinski definition) is 7. The summed E-state index contributed by atoms with van der Waals surface area (Å²) in [6, 6.07) is 15.1. The second kappa shape index (κ2) is 10.8. The molecule has 7 heteroatoms. The molecule has 2 saturated heterocycles. The van der Waals surface area contributed by atoms with Crippen LogP contribution in [0.4, 0.5) is 11.5 Å². The highest BCUT2D eigenvalue weighted by Gasteiger charge is 2.30. The Balaban J connectivity index is 1.25. The van der Waals surface area contributed by atoms with Crippen molar-refractivity contribution in [3.05, 3.63) is 53.9 Å². The maximum absolute atomic E-state index is 5.66. The largest absolute Gasteiger partial charge is 0.496 e. The smallest absolute Gasteiger partial charge is 0.140 e. The van der Waals surface area contributed by atoms with E-state index in [1.54, 1.807) is 7.11 Å². The molecule has 7 nitrogen and oxygen atoms in total. The fraction of sp³-hybridized carbons (Fsp3) is 0.533. The average molecular weight is 502 g/mol. The van der Waals surface area contributed by atoms with Crippen molar-refractivity contribution in [1.29, 1.82) is 0 Å². The van der Waals surface area contributed by atoms with E-state index in [1.807, 2.05) is 0 Å². The third-order valence-electron chi connectivity index (χ3n) is 8.28. The molecular weight excluding hydrogens is 462 g/mol. The molecule has 6 rings (SSSR count). The normalized spacial score (nSPS) is 19.4. The molecule has 2 aliphatic heterocycles. The van der Waals surface area contributed by atoms with Gasteiger partial charge in [0.1, 0.15) is 17.4 Å². The number of ether oxygens (including phenoxy) is 2. The first-order chi connectivity index (χ1) is 18.2. The molecule has 0 atom stereocenters. The summed E-state index contributed by atoms with van der Waals surface area (Å²) < 4.78 is 11.2. The van der Waals surface area contributed by atoms with Crippen LogP contribution in [0.3, 0.4) is 0 Å². The molecule has 1 aliphatic carbocycles. The van der Waals surface area contributed by atoms with Crippen molar-refractivity contribution < 1.29 is 9.47 Å². The number of nitrogens with zero attached hydrogens (tertiary/aromatic N) is 5. The Morgan fingerprint density at radius 3 is 2.46 bits per heavy atom. The molecule has 196 valence electrons. The summed E-state index contributed by atoms with van der Waals surface area (Å²) in [6.07, 6.45) is 4.61. The highest BCUT2D eigenvalue weighted by molar-refractivity contribution is 5.98. The van der Waals surface area contributed by atoms with Gasteiger partial charge in [-0.05, 0) is 55.4 Å². The lowest BCUT2D eigenvalue weighted by Crippen LogP contribution is -2.40. The molecule has 0 N–H and O–H groups in total. The van der Waals surface area contributed by atoms with Crippen LogP contribution in [-0.4, -0.2) is 81.5 Å². The topological polar surface area (TPSA) is 54.0 Å². The van der Waals surface area contributed by atoms with Gasteiger partial charge < -0.3 is 19.3 Å². The van der Waals surface area contributed by atoms with Gasteiger partial charge in [0, 0.05) is 57.6 Å². The Kier molecular flexibility index (Phi) is 7.16. The maximum atomic E-state index is 5.66. The molecule has 37 heavy (non-hydrogen) atoms. The van der Waals surface area contributed by atoms with Crippen molar-refractivity contribution in [2.24, 2.45) is 0 Å². The van der Waals surface area contributed by atoms with Gasteiger partial charge in [-0.3, -0.25) is 4.90 Å². The third kappa shape index (κ3) is 5.25.